The van der Waals surface area contributed by atoms with E-state index in [9.17, 15) is 0 Å². The minimum Gasteiger partial charge on any atom is -0.329 e. The fourth-order valence-electron chi connectivity index (χ4n) is 1.89. The number of rotatable bonds is 2. The van der Waals surface area contributed by atoms with Gasteiger partial charge in [-0.15, -0.1) is 49.6 Å². The summed E-state index contributed by atoms with van der Waals surface area (Å²) in [6.45, 7) is 0.568. The van der Waals surface area contributed by atoms with Gasteiger partial charge in [-0.1, -0.05) is 12.8 Å². The topological polar surface area (TPSA) is 78.1 Å². The third-order valence-electron chi connectivity index (χ3n) is 2.70. The monoisotopic (exact) mass is 301 g/mol. The Balaban J connectivity index is -0.000000151. The number of nitrogens with two attached hydrogens (primary N) is 3. The molecule has 0 radical (unpaired) electrons. The highest BCUT2D eigenvalue weighted by atomic mass is 35.5. The van der Waals surface area contributed by atoms with Crippen molar-refractivity contribution in [1.82, 2.24) is 0 Å². The molecule has 0 bridgehead atoms. The van der Waals surface area contributed by atoms with Crippen LogP contribution in [0.2, 0.25) is 0 Å². The van der Waals surface area contributed by atoms with Gasteiger partial charge < -0.3 is 17.2 Å². The van der Waals surface area contributed by atoms with Gasteiger partial charge in [0.2, 0.25) is 0 Å². The molecule has 7 heteroatoms. The van der Waals surface area contributed by atoms with Crippen LogP contribution in [0.4, 0.5) is 0 Å². The predicted molar refractivity (Wildman–Crippen MR) is 76.0 cm³/mol. The Morgan fingerprint density at radius 3 is 1.87 bits per heavy atom. The maximum absolute atomic E-state index is 5.92. The van der Waals surface area contributed by atoms with Crippen LogP contribution >= 0.6 is 49.6 Å². The summed E-state index contributed by atoms with van der Waals surface area (Å²) in [5.41, 5.74) is 17.2. The molecule has 0 saturated heterocycles. The number of hydrogen-bond donors (Lipinski definition) is 3. The van der Waals surface area contributed by atoms with Gasteiger partial charge in [-0.25, -0.2) is 0 Å². The summed E-state index contributed by atoms with van der Waals surface area (Å²) in [5, 5.41) is 0. The summed E-state index contributed by atoms with van der Waals surface area (Å²) in [6.07, 6.45) is 4.82. The molecular formula is C8H23Cl4N3. The van der Waals surface area contributed by atoms with Crippen LogP contribution in [-0.2, 0) is 0 Å². The van der Waals surface area contributed by atoms with Crippen LogP contribution in [0.5, 0.6) is 0 Å². The Morgan fingerprint density at radius 1 is 1.00 bits per heavy atom. The average Bonchev–Trinajstić information content (AvgIpc) is 2.04. The molecule has 1 fully saturated rings. The van der Waals surface area contributed by atoms with E-state index in [1.54, 1.807) is 0 Å². The van der Waals surface area contributed by atoms with Gasteiger partial charge >= 0.3 is 0 Å². The molecule has 1 rings (SSSR count). The van der Waals surface area contributed by atoms with E-state index in [0.29, 0.717) is 18.5 Å². The molecular weight excluding hydrogens is 280 g/mol. The molecule has 1 saturated carbocycles. The van der Waals surface area contributed by atoms with Crippen molar-refractivity contribution in [1.29, 1.82) is 0 Å². The third kappa shape index (κ3) is 7.86. The highest BCUT2D eigenvalue weighted by Crippen LogP contribution is 2.24. The van der Waals surface area contributed by atoms with E-state index in [0.717, 1.165) is 6.42 Å². The van der Waals surface area contributed by atoms with E-state index in [1.165, 1.54) is 19.3 Å². The molecule has 0 aromatic heterocycles. The minimum atomic E-state index is 0. The van der Waals surface area contributed by atoms with Gasteiger partial charge in [0.25, 0.3) is 0 Å². The first-order valence-electron chi connectivity index (χ1n) is 4.47. The Bertz CT molecular complexity index is 124. The van der Waals surface area contributed by atoms with Crippen LogP contribution < -0.4 is 17.2 Å². The zero-order chi connectivity index (χ0) is 8.27. The normalized spacial score (nSPS) is 25.8. The highest BCUT2D eigenvalue weighted by molar-refractivity contribution is 5.86. The smallest absolute Gasteiger partial charge is 0.0206 e. The first kappa shape index (κ1) is 25.0. The lowest BCUT2D eigenvalue weighted by Gasteiger charge is -2.32. The zero-order valence-corrected chi connectivity index (χ0v) is 11.9. The molecule has 3 atom stereocenters. The highest BCUT2D eigenvalue weighted by Gasteiger charge is 2.26. The summed E-state index contributed by atoms with van der Waals surface area (Å²) in [5.74, 6) is 0.466. The summed E-state index contributed by atoms with van der Waals surface area (Å²) < 4.78 is 0. The summed E-state index contributed by atoms with van der Waals surface area (Å²) in [6, 6.07) is 0.410. The van der Waals surface area contributed by atoms with E-state index in [4.69, 9.17) is 17.2 Å². The van der Waals surface area contributed by atoms with E-state index >= 15 is 0 Å². The van der Waals surface area contributed by atoms with Gasteiger partial charge in [-0.3, -0.25) is 0 Å². The lowest BCUT2D eigenvalue weighted by Crippen LogP contribution is -2.47. The fraction of sp³-hybridized carbons (Fsp3) is 1.00. The van der Waals surface area contributed by atoms with Crippen LogP contribution in [-0.4, -0.2) is 18.6 Å². The molecule has 0 heterocycles. The molecule has 15 heavy (non-hydrogen) atoms. The van der Waals surface area contributed by atoms with Gasteiger partial charge in [0.05, 0.1) is 0 Å². The van der Waals surface area contributed by atoms with Crippen molar-refractivity contribution >= 4 is 49.6 Å². The standard InChI is InChI=1S/C8H19N3.4ClH/c9-5-8(11)6-3-1-2-4-7(6)10;;;;/h6-8H,1-5,9-11H2;4*1H/t6-,7-,8?;;;;/m1..../s1. The lowest BCUT2D eigenvalue weighted by atomic mass is 9.80. The second-order valence-corrected chi connectivity index (χ2v) is 3.51. The van der Waals surface area contributed by atoms with Crippen molar-refractivity contribution in [3.63, 3.8) is 0 Å². The predicted octanol–water partition coefficient (Wildman–Crippen LogP) is 1.48. The second kappa shape index (κ2) is 13.1. The Hall–Kier alpha value is 1.04. The average molecular weight is 303 g/mol. The molecule has 0 aromatic rings. The van der Waals surface area contributed by atoms with Crippen LogP contribution in [0.1, 0.15) is 25.7 Å². The first-order valence-corrected chi connectivity index (χ1v) is 4.47. The van der Waals surface area contributed by atoms with Gasteiger partial charge in [0.15, 0.2) is 0 Å². The van der Waals surface area contributed by atoms with Crippen molar-refractivity contribution < 1.29 is 0 Å². The van der Waals surface area contributed by atoms with Crippen molar-refractivity contribution in [2.75, 3.05) is 6.54 Å². The number of halogens is 4. The quantitative estimate of drug-likeness (QED) is 0.723. The molecule has 0 amide bonds. The molecule has 1 unspecified atom stereocenters. The molecule has 0 aliphatic heterocycles. The maximum Gasteiger partial charge on any atom is 0.0206 e. The van der Waals surface area contributed by atoms with E-state index < -0.39 is 0 Å². The van der Waals surface area contributed by atoms with Gasteiger partial charge in [-0.05, 0) is 18.8 Å². The lowest BCUT2D eigenvalue weighted by molar-refractivity contribution is 0.266. The largest absolute Gasteiger partial charge is 0.329 e. The summed E-state index contributed by atoms with van der Waals surface area (Å²) in [4.78, 5) is 0. The van der Waals surface area contributed by atoms with Crippen LogP contribution in [0.3, 0.4) is 0 Å². The molecule has 1 aliphatic carbocycles. The van der Waals surface area contributed by atoms with Crippen LogP contribution in [0, 0.1) is 5.92 Å². The molecule has 0 aromatic carbocycles. The summed E-state index contributed by atoms with van der Waals surface area (Å²) >= 11 is 0. The van der Waals surface area contributed by atoms with Crippen molar-refractivity contribution in [2.45, 2.75) is 37.8 Å². The Morgan fingerprint density at radius 2 is 1.47 bits per heavy atom. The minimum absolute atomic E-state index is 0. The van der Waals surface area contributed by atoms with E-state index in [2.05, 4.69) is 0 Å². The Labute approximate surface area is 117 Å². The van der Waals surface area contributed by atoms with Gasteiger partial charge in [0.1, 0.15) is 0 Å². The third-order valence-corrected chi connectivity index (χ3v) is 2.70. The SMILES string of the molecule is Cl.Cl.Cl.Cl.NCC(N)[C@@H]1CCCC[C@H]1N. The molecule has 0 spiro atoms. The van der Waals surface area contributed by atoms with Crippen LogP contribution in [0.25, 0.3) is 0 Å². The number of hydrogen-bond acceptors (Lipinski definition) is 3. The molecule has 98 valence electrons. The fourth-order valence-corrected chi connectivity index (χ4v) is 1.89. The van der Waals surface area contributed by atoms with Crippen molar-refractivity contribution in [3.8, 4) is 0 Å². The van der Waals surface area contributed by atoms with Gasteiger partial charge in [-0.2, -0.15) is 0 Å². The molecule has 3 nitrogen and oxygen atoms in total. The van der Waals surface area contributed by atoms with E-state index in [-0.39, 0.29) is 55.7 Å². The maximum atomic E-state index is 5.92. The van der Waals surface area contributed by atoms with Crippen molar-refractivity contribution in [2.24, 2.45) is 23.1 Å². The van der Waals surface area contributed by atoms with Crippen LogP contribution in [0.15, 0.2) is 0 Å². The van der Waals surface area contributed by atoms with Crippen molar-refractivity contribution in [3.05, 3.63) is 0 Å². The first-order chi connectivity index (χ1) is 5.25. The summed E-state index contributed by atoms with van der Waals surface area (Å²) in [7, 11) is 0. The van der Waals surface area contributed by atoms with E-state index in [1.807, 2.05) is 0 Å². The second-order valence-electron chi connectivity index (χ2n) is 3.51. The van der Waals surface area contributed by atoms with Gasteiger partial charge in [0, 0.05) is 18.6 Å². The molecule has 6 N–H and O–H groups in total. The Kier molecular flexibility index (Phi) is 21.9. The molecule has 1 aliphatic rings. The zero-order valence-electron chi connectivity index (χ0n) is 8.63.